The molecule has 0 heterocycles. The van der Waals surface area contributed by atoms with Crippen LogP contribution in [-0.4, -0.2) is 11.6 Å². The van der Waals surface area contributed by atoms with Gasteiger partial charge in [0.05, 0.1) is 5.57 Å². The maximum Gasteiger partial charge on any atom is 0.197 e. The minimum Gasteiger partial charge on any atom is -0.288 e. The summed E-state index contributed by atoms with van der Waals surface area (Å²) in [6.45, 7) is 5.93. The number of ketones is 2. The number of hydrogen-bond acceptors (Lipinski definition) is 2. The molecule has 0 amide bonds. The van der Waals surface area contributed by atoms with E-state index in [-0.39, 0.29) is 11.6 Å². The molecule has 120 valence electrons. The second kappa shape index (κ2) is 6.40. The van der Waals surface area contributed by atoms with Gasteiger partial charge in [-0.05, 0) is 52.2 Å². The van der Waals surface area contributed by atoms with Gasteiger partial charge in [-0.3, -0.25) is 9.59 Å². The van der Waals surface area contributed by atoms with Crippen LogP contribution in [0.4, 0.5) is 0 Å². The fraction of sp³-hybridized carbons (Fsp3) is 0.182. The van der Waals surface area contributed by atoms with Gasteiger partial charge in [-0.2, -0.15) is 0 Å². The lowest BCUT2D eigenvalue weighted by Crippen LogP contribution is -1.99. The van der Waals surface area contributed by atoms with Crippen LogP contribution in [0, 0.1) is 0 Å². The summed E-state index contributed by atoms with van der Waals surface area (Å²) >= 11 is 0. The van der Waals surface area contributed by atoms with Gasteiger partial charge in [0.25, 0.3) is 0 Å². The minimum atomic E-state index is -0.142. The van der Waals surface area contributed by atoms with Crippen molar-refractivity contribution in [3.05, 3.63) is 71.3 Å². The van der Waals surface area contributed by atoms with E-state index in [4.69, 9.17) is 0 Å². The van der Waals surface area contributed by atoms with Crippen molar-refractivity contribution in [2.24, 2.45) is 0 Å². The topological polar surface area (TPSA) is 34.1 Å². The molecule has 24 heavy (non-hydrogen) atoms. The van der Waals surface area contributed by atoms with Gasteiger partial charge in [0, 0.05) is 11.1 Å². The highest BCUT2D eigenvalue weighted by molar-refractivity contribution is 6.40. The van der Waals surface area contributed by atoms with E-state index >= 15 is 0 Å². The molecule has 0 atom stereocenters. The second-order valence-electron chi connectivity index (χ2n) is 5.63. The molecule has 4 rings (SSSR count). The van der Waals surface area contributed by atoms with Crippen molar-refractivity contribution < 1.29 is 9.59 Å². The molecule has 0 fully saturated rings. The first kappa shape index (κ1) is 16.1. The smallest absolute Gasteiger partial charge is 0.197 e. The van der Waals surface area contributed by atoms with Crippen LogP contribution in [0.5, 0.6) is 0 Å². The lowest BCUT2D eigenvalue weighted by molar-refractivity contribution is 0.0988. The highest BCUT2D eigenvalue weighted by Gasteiger charge is 2.32. The molecule has 0 unspecified atom stereocenters. The van der Waals surface area contributed by atoms with Gasteiger partial charge in [-0.15, -0.1) is 0 Å². The monoisotopic (exact) mass is 316 g/mol. The maximum absolute atomic E-state index is 12.4. The van der Waals surface area contributed by atoms with Gasteiger partial charge in [-0.25, -0.2) is 0 Å². The number of benzene rings is 3. The summed E-state index contributed by atoms with van der Waals surface area (Å²) in [5, 5.41) is 4.26. The van der Waals surface area contributed by atoms with E-state index in [9.17, 15) is 9.59 Å². The molecule has 0 saturated heterocycles. The van der Waals surface area contributed by atoms with Crippen LogP contribution in [0.2, 0.25) is 0 Å². The van der Waals surface area contributed by atoms with Crippen LogP contribution < -0.4 is 0 Å². The Morgan fingerprint density at radius 3 is 1.62 bits per heavy atom. The quantitative estimate of drug-likeness (QED) is 0.326. The summed E-state index contributed by atoms with van der Waals surface area (Å²) in [5.41, 5.74) is 1.39. The number of carbonyl (C=O) groups is 2. The Kier molecular flexibility index (Phi) is 4.30. The number of fused-ring (bicyclic) bond motifs is 3. The van der Waals surface area contributed by atoms with Crippen molar-refractivity contribution in [2.45, 2.75) is 27.2 Å². The molecule has 3 aromatic rings. The predicted molar refractivity (Wildman–Crippen MR) is 99.8 cm³/mol. The third-order valence-electron chi connectivity index (χ3n) is 4.23. The van der Waals surface area contributed by atoms with Gasteiger partial charge in [-0.1, -0.05) is 51.1 Å². The molecular formula is C22H20O2. The zero-order chi connectivity index (χ0) is 17.3. The summed E-state index contributed by atoms with van der Waals surface area (Å²) in [4.78, 5) is 24.8. The fourth-order valence-corrected chi connectivity index (χ4v) is 3.15. The Hall–Kier alpha value is -2.74. The molecule has 1 aliphatic carbocycles. The van der Waals surface area contributed by atoms with Crippen LogP contribution in [-0.2, 0) is 0 Å². The van der Waals surface area contributed by atoms with Crippen molar-refractivity contribution in [3.8, 4) is 0 Å². The fourth-order valence-electron chi connectivity index (χ4n) is 3.15. The van der Waals surface area contributed by atoms with E-state index in [0.717, 1.165) is 21.5 Å². The molecule has 0 bridgehead atoms. The first-order valence-corrected chi connectivity index (χ1v) is 8.45. The number of Topliss-reactive ketones (excluding diaryl/α,β-unsaturated/α-hetero) is 2. The molecule has 0 radical (unpaired) electrons. The maximum atomic E-state index is 12.4. The summed E-state index contributed by atoms with van der Waals surface area (Å²) < 4.78 is 0. The first-order valence-electron chi connectivity index (χ1n) is 8.45. The molecule has 0 aliphatic heterocycles. The third-order valence-corrected chi connectivity index (χ3v) is 4.23. The molecule has 2 nitrogen and oxygen atoms in total. The Labute approximate surface area is 141 Å². The predicted octanol–water partition coefficient (Wildman–Crippen LogP) is 5.73. The minimum absolute atomic E-state index is 0.142. The number of allylic oxidation sites excluding steroid dienone is 2. The zero-order valence-corrected chi connectivity index (χ0v) is 14.2. The van der Waals surface area contributed by atoms with Gasteiger partial charge in [0.1, 0.15) is 0 Å². The Morgan fingerprint density at radius 2 is 1.21 bits per heavy atom. The van der Waals surface area contributed by atoms with Crippen LogP contribution in [0.25, 0.3) is 21.5 Å². The normalized spacial score (nSPS) is 13.0. The molecule has 2 heteroatoms. The highest BCUT2D eigenvalue weighted by Crippen LogP contribution is 2.32. The first-order chi connectivity index (χ1) is 11.7. The largest absolute Gasteiger partial charge is 0.288 e. The van der Waals surface area contributed by atoms with Gasteiger partial charge < -0.3 is 0 Å². The number of carbonyl (C=O) groups excluding carboxylic acids is 2. The van der Waals surface area contributed by atoms with Gasteiger partial charge >= 0.3 is 0 Å². The number of rotatable bonds is 1. The van der Waals surface area contributed by atoms with E-state index in [2.05, 4.69) is 24.3 Å². The molecule has 0 saturated carbocycles. The van der Waals surface area contributed by atoms with Crippen molar-refractivity contribution in [3.63, 3.8) is 0 Å². The molecule has 0 aromatic heterocycles. The molecule has 0 spiro atoms. The van der Waals surface area contributed by atoms with Crippen LogP contribution in [0.3, 0.4) is 0 Å². The second-order valence-corrected chi connectivity index (χ2v) is 5.63. The third kappa shape index (κ3) is 2.44. The lowest BCUT2D eigenvalue weighted by atomic mass is 9.99. The Morgan fingerprint density at radius 1 is 0.750 bits per heavy atom. The van der Waals surface area contributed by atoms with E-state index < -0.39 is 0 Å². The van der Waals surface area contributed by atoms with E-state index in [0.29, 0.717) is 23.1 Å². The van der Waals surface area contributed by atoms with Crippen LogP contribution in [0.15, 0.2) is 60.2 Å². The lowest BCUT2D eigenvalue weighted by Gasteiger charge is -2.04. The van der Waals surface area contributed by atoms with Crippen molar-refractivity contribution >= 4 is 33.1 Å². The molecule has 0 N–H and O–H groups in total. The number of hydrogen-bond donors (Lipinski definition) is 0. The summed E-state index contributed by atoms with van der Waals surface area (Å²) in [7, 11) is 0. The molecular weight excluding hydrogens is 296 g/mol. The zero-order valence-electron chi connectivity index (χ0n) is 14.2. The average Bonchev–Trinajstić information content (AvgIpc) is 2.85. The summed E-state index contributed by atoms with van der Waals surface area (Å²) in [6.07, 6.45) is 2.41. The summed E-state index contributed by atoms with van der Waals surface area (Å²) in [5.74, 6) is -0.284. The Balaban J connectivity index is 0.000000815. The van der Waals surface area contributed by atoms with Crippen molar-refractivity contribution in [1.29, 1.82) is 0 Å². The van der Waals surface area contributed by atoms with E-state index in [1.54, 1.807) is 6.08 Å². The average molecular weight is 316 g/mol. The molecule has 1 aliphatic rings. The Bertz CT molecular complexity index is 917. The highest BCUT2D eigenvalue weighted by atomic mass is 16.2. The van der Waals surface area contributed by atoms with E-state index in [1.807, 2.05) is 45.0 Å². The van der Waals surface area contributed by atoms with Gasteiger partial charge in [0.2, 0.25) is 0 Å². The SMILES string of the molecule is CC.CCC=C1C(=O)c2cc3cc4ccccc4cc3cc2C1=O. The standard InChI is InChI=1S/C20H14O2.C2H6/c1-2-5-16-19(21)17-10-14-8-12-6-3-4-7-13(12)9-15(14)11-18(17)20(16)22;1-2/h3-11H,2H2,1H3;1-2H3. The summed E-state index contributed by atoms with van der Waals surface area (Å²) in [6, 6.07) is 16.0. The van der Waals surface area contributed by atoms with Crippen molar-refractivity contribution in [1.82, 2.24) is 0 Å². The van der Waals surface area contributed by atoms with Crippen LogP contribution in [0.1, 0.15) is 47.9 Å². The van der Waals surface area contributed by atoms with Crippen molar-refractivity contribution in [2.75, 3.05) is 0 Å². The van der Waals surface area contributed by atoms with Gasteiger partial charge in [0.15, 0.2) is 11.6 Å². The van der Waals surface area contributed by atoms with E-state index in [1.165, 1.54) is 0 Å². The van der Waals surface area contributed by atoms with Crippen LogP contribution >= 0.6 is 0 Å². The molecule has 3 aromatic carbocycles.